The standard InChI is InChI=1S/C23H19ClN2O4S/c1-13-19(22(28)30-3)20(15-7-9-17(29-2)10-8-15)26-21(27)18(31-23(26)25-13)12-14-5-4-6-16(24)11-14/h4-12,20H,1-3H3/t20-/m0/s1. The van der Waals surface area contributed by atoms with Crippen LogP contribution in [0.3, 0.4) is 0 Å². The number of benzene rings is 2. The van der Waals surface area contributed by atoms with E-state index in [4.69, 9.17) is 21.1 Å². The summed E-state index contributed by atoms with van der Waals surface area (Å²) in [6.07, 6.45) is 1.78. The molecule has 2 aromatic carbocycles. The van der Waals surface area contributed by atoms with Crippen LogP contribution in [0.1, 0.15) is 24.1 Å². The van der Waals surface area contributed by atoms with E-state index in [-0.39, 0.29) is 5.56 Å². The molecule has 0 bridgehead atoms. The first-order valence-corrected chi connectivity index (χ1v) is 10.6. The second kappa shape index (κ2) is 8.53. The molecule has 8 heteroatoms. The molecule has 0 amide bonds. The topological polar surface area (TPSA) is 69.9 Å². The van der Waals surface area contributed by atoms with Gasteiger partial charge in [-0.25, -0.2) is 9.79 Å². The Balaban J connectivity index is 1.96. The minimum Gasteiger partial charge on any atom is -0.497 e. The summed E-state index contributed by atoms with van der Waals surface area (Å²) in [5.41, 5.74) is 2.17. The van der Waals surface area contributed by atoms with Crippen molar-refractivity contribution in [3.63, 3.8) is 0 Å². The minimum absolute atomic E-state index is 0.238. The summed E-state index contributed by atoms with van der Waals surface area (Å²) in [7, 11) is 2.90. The van der Waals surface area contributed by atoms with Crippen molar-refractivity contribution in [3.8, 4) is 5.75 Å². The number of carbonyl (C=O) groups excluding carboxylic acids is 1. The molecule has 0 radical (unpaired) electrons. The Labute approximate surface area is 187 Å². The Hall–Kier alpha value is -3.16. The lowest BCUT2D eigenvalue weighted by atomic mass is 9.96. The largest absolute Gasteiger partial charge is 0.497 e. The molecule has 0 saturated heterocycles. The highest BCUT2D eigenvalue weighted by Gasteiger charge is 2.33. The lowest BCUT2D eigenvalue weighted by Gasteiger charge is -2.24. The van der Waals surface area contributed by atoms with E-state index in [0.29, 0.717) is 31.4 Å². The number of allylic oxidation sites excluding steroid dienone is 1. The van der Waals surface area contributed by atoms with E-state index in [1.165, 1.54) is 18.4 Å². The Morgan fingerprint density at radius 1 is 1.19 bits per heavy atom. The van der Waals surface area contributed by atoms with Crippen molar-refractivity contribution in [1.82, 2.24) is 4.57 Å². The van der Waals surface area contributed by atoms with Crippen LogP contribution >= 0.6 is 22.9 Å². The van der Waals surface area contributed by atoms with Gasteiger partial charge in [0.2, 0.25) is 0 Å². The maximum atomic E-state index is 13.4. The monoisotopic (exact) mass is 454 g/mol. The molecule has 0 N–H and O–H groups in total. The van der Waals surface area contributed by atoms with Gasteiger partial charge >= 0.3 is 5.97 Å². The van der Waals surface area contributed by atoms with Crippen molar-refractivity contribution in [2.24, 2.45) is 4.99 Å². The number of thiazole rings is 1. The highest BCUT2D eigenvalue weighted by Crippen LogP contribution is 2.31. The Morgan fingerprint density at radius 2 is 1.94 bits per heavy atom. The first-order valence-electron chi connectivity index (χ1n) is 9.43. The van der Waals surface area contributed by atoms with E-state index < -0.39 is 12.0 Å². The van der Waals surface area contributed by atoms with Crippen LogP contribution in [-0.4, -0.2) is 24.8 Å². The van der Waals surface area contributed by atoms with Crippen LogP contribution in [-0.2, 0) is 9.53 Å². The molecule has 2 heterocycles. The van der Waals surface area contributed by atoms with Gasteiger partial charge in [-0.3, -0.25) is 9.36 Å². The first kappa shape index (κ1) is 21.1. The molecule has 0 aliphatic carbocycles. The van der Waals surface area contributed by atoms with Crippen LogP contribution in [0.25, 0.3) is 6.08 Å². The van der Waals surface area contributed by atoms with E-state index in [1.54, 1.807) is 48.9 Å². The zero-order valence-corrected chi connectivity index (χ0v) is 18.7. The molecule has 0 unspecified atom stereocenters. The summed E-state index contributed by atoms with van der Waals surface area (Å²) in [5.74, 6) is 0.156. The molecule has 31 heavy (non-hydrogen) atoms. The Morgan fingerprint density at radius 3 is 2.58 bits per heavy atom. The molecule has 6 nitrogen and oxygen atoms in total. The molecule has 1 aromatic heterocycles. The summed E-state index contributed by atoms with van der Waals surface area (Å²) in [6, 6.07) is 13.8. The summed E-state index contributed by atoms with van der Waals surface area (Å²) in [6.45, 7) is 1.75. The lowest BCUT2D eigenvalue weighted by Crippen LogP contribution is -2.39. The lowest BCUT2D eigenvalue weighted by molar-refractivity contribution is -0.136. The maximum Gasteiger partial charge on any atom is 0.338 e. The van der Waals surface area contributed by atoms with E-state index in [1.807, 2.05) is 24.3 Å². The smallest absolute Gasteiger partial charge is 0.338 e. The fraction of sp³-hybridized carbons (Fsp3) is 0.174. The average Bonchev–Trinajstić information content (AvgIpc) is 3.07. The predicted octanol–water partition coefficient (Wildman–Crippen LogP) is 3.07. The molecular formula is C23H19ClN2O4S. The van der Waals surface area contributed by atoms with Gasteiger partial charge in [-0.1, -0.05) is 47.2 Å². The summed E-state index contributed by atoms with van der Waals surface area (Å²) < 4.78 is 12.3. The van der Waals surface area contributed by atoms with Crippen LogP contribution in [0.4, 0.5) is 0 Å². The number of nitrogens with zero attached hydrogens (tertiary/aromatic N) is 2. The number of ether oxygens (including phenoxy) is 2. The molecule has 1 atom stereocenters. The molecule has 0 saturated carbocycles. The number of hydrogen-bond acceptors (Lipinski definition) is 6. The second-order valence-corrected chi connectivity index (χ2v) is 8.35. The number of rotatable bonds is 4. The normalized spacial score (nSPS) is 16.0. The van der Waals surface area contributed by atoms with E-state index in [2.05, 4.69) is 4.99 Å². The molecule has 0 spiro atoms. The molecule has 1 aliphatic rings. The van der Waals surface area contributed by atoms with Gasteiger partial charge in [0.15, 0.2) is 4.80 Å². The molecule has 158 valence electrons. The van der Waals surface area contributed by atoms with Gasteiger partial charge in [0, 0.05) is 5.02 Å². The number of esters is 1. The third kappa shape index (κ3) is 3.94. The van der Waals surface area contributed by atoms with Crippen molar-refractivity contribution in [2.45, 2.75) is 13.0 Å². The van der Waals surface area contributed by atoms with Gasteiger partial charge < -0.3 is 9.47 Å². The predicted molar refractivity (Wildman–Crippen MR) is 120 cm³/mol. The number of carbonyl (C=O) groups is 1. The fourth-order valence-corrected chi connectivity index (χ4v) is 4.79. The number of methoxy groups -OCH3 is 2. The number of hydrogen-bond donors (Lipinski definition) is 0. The van der Waals surface area contributed by atoms with Gasteiger partial charge in [0.25, 0.3) is 5.56 Å². The van der Waals surface area contributed by atoms with Crippen molar-refractivity contribution in [3.05, 3.63) is 95.6 Å². The molecular weight excluding hydrogens is 436 g/mol. The zero-order valence-electron chi connectivity index (χ0n) is 17.1. The Kier molecular flexibility index (Phi) is 5.80. The number of fused-ring (bicyclic) bond motifs is 1. The van der Waals surface area contributed by atoms with E-state index in [9.17, 15) is 9.59 Å². The second-order valence-electron chi connectivity index (χ2n) is 6.90. The van der Waals surface area contributed by atoms with Crippen molar-refractivity contribution in [2.75, 3.05) is 14.2 Å². The van der Waals surface area contributed by atoms with Crippen LogP contribution in [0.5, 0.6) is 5.75 Å². The molecule has 4 rings (SSSR count). The highest BCUT2D eigenvalue weighted by molar-refractivity contribution is 7.07. The maximum absolute atomic E-state index is 13.4. The van der Waals surface area contributed by atoms with Crippen molar-refractivity contribution >= 4 is 35.0 Å². The third-order valence-electron chi connectivity index (χ3n) is 5.00. The quantitative estimate of drug-likeness (QED) is 0.568. The Bertz CT molecular complexity index is 1370. The van der Waals surface area contributed by atoms with E-state index >= 15 is 0 Å². The van der Waals surface area contributed by atoms with Crippen LogP contribution < -0.4 is 19.6 Å². The molecule has 0 fully saturated rings. The average molecular weight is 455 g/mol. The summed E-state index contributed by atoms with van der Waals surface area (Å²) >= 11 is 7.35. The zero-order chi connectivity index (χ0) is 22.1. The van der Waals surface area contributed by atoms with Gasteiger partial charge in [0.1, 0.15) is 5.75 Å². The van der Waals surface area contributed by atoms with E-state index in [0.717, 1.165) is 11.1 Å². The minimum atomic E-state index is -0.656. The molecule has 1 aliphatic heterocycles. The van der Waals surface area contributed by atoms with Crippen LogP contribution in [0, 0.1) is 0 Å². The SMILES string of the molecule is COC(=O)C1=C(C)N=c2sc(=Cc3cccc(Cl)c3)c(=O)n2[C@H]1c1ccc(OC)cc1. The number of aromatic nitrogens is 1. The number of halogens is 1. The third-order valence-corrected chi connectivity index (χ3v) is 6.22. The van der Waals surface area contributed by atoms with Gasteiger partial charge in [-0.2, -0.15) is 0 Å². The van der Waals surface area contributed by atoms with Gasteiger partial charge in [-0.05, 0) is 48.4 Å². The van der Waals surface area contributed by atoms with Crippen LogP contribution in [0.15, 0.2) is 69.6 Å². The van der Waals surface area contributed by atoms with Gasteiger partial charge in [-0.15, -0.1) is 0 Å². The summed E-state index contributed by atoms with van der Waals surface area (Å²) in [5, 5.41) is 0.585. The molecule has 3 aromatic rings. The summed E-state index contributed by atoms with van der Waals surface area (Å²) in [4.78, 5) is 31.1. The van der Waals surface area contributed by atoms with Gasteiger partial charge in [0.05, 0.1) is 36.1 Å². The highest BCUT2D eigenvalue weighted by atomic mass is 35.5. The first-order chi connectivity index (χ1) is 14.9. The van der Waals surface area contributed by atoms with Crippen molar-refractivity contribution < 1.29 is 14.3 Å². The fourth-order valence-electron chi connectivity index (χ4n) is 3.54. The van der Waals surface area contributed by atoms with Crippen LogP contribution in [0.2, 0.25) is 5.02 Å². The van der Waals surface area contributed by atoms with Crippen molar-refractivity contribution in [1.29, 1.82) is 0 Å².